The van der Waals surface area contributed by atoms with Gasteiger partial charge in [-0.25, -0.2) is 0 Å². The van der Waals surface area contributed by atoms with Crippen molar-refractivity contribution in [2.24, 2.45) is 0 Å². The van der Waals surface area contributed by atoms with Gasteiger partial charge in [-0.05, 0) is 12.1 Å². The lowest BCUT2D eigenvalue weighted by atomic mass is 10.2. The molecule has 0 spiro atoms. The van der Waals surface area contributed by atoms with Gasteiger partial charge in [0.2, 0.25) is 5.90 Å². The molecule has 1 aromatic rings. The maximum Gasteiger partial charge on any atom is 0.224 e. The maximum atomic E-state index is 7.25. The van der Waals surface area contributed by atoms with Crippen molar-refractivity contribution >= 4 is 28.9 Å². The van der Waals surface area contributed by atoms with Crippen LogP contribution in [0.3, 0.4) is 0 Å². The second kappa shape index (κ2) is 3.55. The molecule has 1 aromatic carbocycles. The van der Waals surface area contributed by atoms with Crippen molar-refractivity contribution in [3.05, 3.63) is 35.9 Å². The summed E-state index contributed by atoms with van der Waals surface area (Å²) >= 11 is 1.69. The first-order valence-corrected chi connectivity index (χ1v) is 3.65. The van der Waals surface area contributed by atoms with E-state index in [0.29, 0.717) is 0 Å². The Morgan fingerprint density at radius 1 is 1.30 bits per heavy atom. The van der Waals surface area contributed by atoms with Crippen molar-refractivity contribution in [2.45, 2.75) is 0 Å². The van der Waals surface area contributed by atoms with Crippen LogP contribution < -0.4 is 0 Å². The molecule has 0 saturated heterocycles. The quantitative estimate of drug-likeness (QED) is 0.461. The van der Waals surface area contributed by atoms with E-state index < -0.39 is 0 Å². The third-order valence-corrected chi connectivity index (χ3v) is 1.55. The molecule has 0 atom stereocenters. The smallest absolute Gasteiger partial charge is 0.224 e. The lowest BCUT2D eigenvalue weighted by Gasteiger charge is -1.96. The highest BCUT2D eigenvalue weighted by atomic mass is 127. The second-order valence-electron chi connectivity index (χ2n) is 1.77. The zero-order valence-electron chi connectivity index (χ0n) is 5.17. The normalized spacial score (nSPS) is 8.90. The molecular formula is C7H6INO. The molecule has 0 heterocycles. The molecule has 0 bridgehead atoms. The molecular weight excluding hydrogens is 241 g/mol. The van der Waals surface area contributed by atoms with Crippen molar-refractivity contribution < 1.29 is 3.07 Å². The molecule has 0 fully saturated rings. The van der Waals surface area contributed by atoms with Crippen LogP contribution in [0.25, 0.3) is 0 Å². The number of nitrogens with one attached hydrogen (secondary N) is 1. The van der Waals surface area contributed by atoms with Gasteiger partial charge in [-0.3, -0.25) is 5.41 Å². The monoisotopic (exact) mass is 247 g/mol. The predicted molar refractivity (Wildman–Crippen MR) is 48.4 cm³/mol. The van der Waals surface area contributed by atoms with Crippen molar-refractivity contribution in [1.29, 1.82) is 5.41 Å². The molecule has 2 nitrogen and oxygen atoms in total. The van der Waals surface area contributed by atoms with Crippen molar-refractivity contribution in [3.63, 3.8) is 0 Å². The van der Waals surface area contributed by atoms with Crippen LogP contribution in [0.5, 0.6) is 0 Å². The third-order valence-electron chi connectivity index (χ3n) is 1.11. The molecule has 3 heteroatoms. The summed E-state index contributed by atoms with van der Waals surface area (Å²) in [6.45, 7) is 0. The van der Waals surface area contributed by atoms with Gasteiger partial charge in [-0.15, -0.1) is 0 Å². The van der Waals surface area contributed by atoms with E-state index in [0.717, 1.165) is 5.56 Å². The Labute approximate surface area is 73.4 Å². The van der Waals surface area contributed by atoms with Gasteiger partial charge < -0.3 is 3.07 Å². The Hall–Kier alpha value is -0.580. The van der Waals surface area contributed by atoms with E-state index in [-0.39, 0.29) is 5.90 Å². The SMILES string of the molecule is N=C(OI)c1ccccc1. The highest BCUT2D eigenvalue weighted by Crippen LogP contribution is 2.02. The molecule has 0 aliphatic carbocycles. The van der Waals surface area contributed by atoms with E-state index in [1.807, 2.05) is 30.3 Å². The first-order valence-electron chi connectivity index (χ1n) is 2.77. The minimum atomic E-state index is 0.196. The van der Waals surface area contributed by atoms with Crippen LogP contribution in [0.4, 0.5) is 0 Å². The van der Waals surface area contributed by atoms with Gasteiger partial charge in [-0.2, -0.15) is 0 Å². The number of rotatable bonds is 1. The summed E-state index contributed by atoms with van der Waals surface area (Å²) in [4.78, 5) is 0. The molecule has 1 rings (SSSR count). The fraction of sp³-hybridized carbons (Fsp3) is 0. The fourth-order valence-electron chi connectivity index (χ4n) is 0.634. The average molecular weight is 247 g/mol. The van der Waals surface area contributed by atoms with Gasteiger partial charge in [0.25, 0.3) is 0 Å². The Morgan fingerprint density at radius 3 is 2.40 bits per heavy atom. The fourth-order valence-corrected chi connectivity index (χ4v) is 0.888. The summed E-state index contributed by atoms with van der Waals surface area (Å²) in [6, 6.07) is 9.32. The lowest BCUT2D eigenvalue weighted by molar-refractivity contribution is 0.713. The zero-order chi connectivity index (χ0) is 7.40. The molecule has 0 aliphatic rings. The van der Waals surface area contributed by atoms with Gasteiger partial charge in [0.05, 0.1) is 0 Å². The maximum absolute atomic E-state index is 7.25. The number of halogens is 1. The number of hydrogen-bond donors (Lipinski definition) is 1. The Bertz CT molecular complexity index is 222. The molecule has 1 N–H and O–H groups in total. The summed E-state index contributed by atoms with van der Waals surface area (Å²) in [5, 5.41) is 7.25. The number of hydrogen-bond acceptors (Lipinski definition) is 2. The molecule has 0 unspecified atom stereocenters. The lowest BCUT2D eigenvalue weighted by Crippen LogP contribution is -1.95. The molecule has 0 aromatic heterocycles. The second-order valence-corrected chi connectivity index (χ2v) is 2.21. The Balaban J connectivity index is 2.85. The molecule has 0 amide bonds. The van der Waals surface area contributed by atoms with Gasteiger partial charge in [0.1, 0.15) is 0 Å². The molecule has 0 aliphatic heterocycles. The van der Waals surface area contributed by atoms with E-state index in [1.54, 1.807) is 23.0 Å². The summed E-state index contributed by atoms with van der Waals surface area (Å²) in [6.07, 6.45) is 0. The summed E-state index contributed by atoms with van der Waals surface area (Å²) in [7, 11) is 0. The van der Waals surface area contributed by atoms with E-state index in [4.69, 9.17) is 5.41 Å². The van der Waals surface area contributed by atoms with Crippen molar-refractivity contribution in [1.82, 2.24) is 0 Å². The Kier molecular flexibility index (Phi) is 2.68. The predicted octanol–water partition coefficient (Wildman–Crippen LogP) is 2.38. The van der Waals surface area contributed by atoms with E-state index in [9.17, 15) is 0 Å². The largest absolute Gasteiger partial charge is 0.408 e. The average Bonchev–Trinajstić information content (AvgIpc) is 2.05. The van der Waals surface area contributed by atoms with Crippen LogP contribution in [-0.4, -0.2) is 5.90 Å². The summed E-state index contributed by atoms with van der Waals surface area (Å²) < 4.78 is 4.69. The first kappa shape index (κ1) is 7.53. The van der Waals surface area contributed by atoms with Crippen LogP contribution in [0.2, 0.25) is 0 Å². The van der Waals surface area contributed by atoms with Gasteiger partial charge in [0, 0.05) is 5.56 Å². The van der Waals surface area contributed by atoms with E-state index >= 15 is 0 Å². The molecule has 0 radical (unpaired) electrons. The molecule has 0 saturated carbocycles. The zero-order valence-corrected chi connectivity index (χ0v) is 7.33. The van der Waals surface area contributed by atoms with Gasteiger partial charge >= 0.3 is 0 Å². The summed E-state index contributed by atoms with van der Waals surface area (Å²) in [5.74, 6) is 0.196. The highest BCUT2D eigenvalue weighted by Gasteiger charge is 1.96. The van der Waals surface area contributed by atoms with Crippen molar-refractivity contribution in [2.75, 3.05) is 0 Å². The topological polar surface area (TPSA) is 33.1 Å². The van der Waals surface area contributed by atoms with Gasteiger partial charge in [-0.1, -0.05) is 18.2 Å². The standard InChI is InChI=1S/C7H6INO/c8-10-7(9)6-4-2-1-3-5-6/h1-5,9H. The van der Waals surface area contributed by atoms with Crippen LogP contribution in [0, 0.1) is 5.41 Å². The molecule has 52 valence electrons. The van der Waals surface area contributed by atoms with E-state index in [2.05, 4.69) is 3.07 Å². The third kappa shape index (κ3) is 1.70. The minimum absolute atomic E-state index is 0.196. The van der Waals surface area contributed by atoms with Crippen LogP contribution in [-0.2, 0) is 3.07 Å². The van der Waals surface area contributed by atoms with Crippen LogP contribution in [0.1, 0.15) is 5.56 Å². The number of benzene rings is 1. The summed E-state index contributed by atoms with van der Waals surface area (Å²) in [5.41, 5.74) is 0.803. The first-order chi connectivity index (χ1) is 4.84. The van der Waals surface area contributed by atoms with E-state index in [1.165, 1.54) is 0 Å². The Morgan fingerprint density at radius 2 is 1.90 bits per heavy atom. The molecule has 10 heavy (non-hydrogen) atoms. The van der Waals surface area contributed by atoms with Gasteiger partial charge in [0.15, 0.2) is 23.0 Å². The minimum Gasteiger partial charge on any atom is -0.408 e. The highest BCUT2D eigenvalue weighted by molar-refractivity contribution is 14.1. The van der Waals surface area contributed by atoms with Crippen LogP contribution in [0.15, 0.2) is 30.3 Å². The van der Waals surface area contributed by atoms with Crippen molar-refractivity contribution in [3.8, 4) is 0 Å². The van der Waals surface area contributed by atoms with Crippen LogP contribution >= 0.6 is 23.0 Å².